The van der Waals surface area contributed by atoms with Crippen LogP contribution in [0, 0.1) is 5.92 Å². The molecule has 1 saturated heterocycles. The lowest BCUT2D eigenvalue weighted by Gasteiger charge is -2.39. The Morgan fingerprint density at radius 3 is 2.61 bits per heavy atom. The summed E-state index contributed by atoms with van der Waals surface area (Å²) in [6, 6.07) is 17.1. The van der Waals surface area contributed by atoms with Gasteiger partial charge in [-0.2, -0.15) is 0 Å². The van der Waals surface area contributed by atoms with Crippen LogP contribution < -0.4 is 15.4 Å². The zero-order valence-electron chi connectivity index (χ0n) is 16.4. The maximum Gasteiger partial charge on any atom is 0.317 e. The fourth-order valence-electron chi connectivity index (χ4n) is 3.63. The number of piperidine rings is 1. The molecule has 0 aromatic heterocycles. The Balaban J connectivity index is 1.73. The van der Waals surface area contributed by atoms with E-state index in [1.54, 1.807) is 18.1 Å². The summed E-state index contributed by atoms with van der Waals surface area (Å²) in [4.78, 5) is 27.3. The molecule has 2 atom stereocenters. The summed E-state index contributed by atoms with van der Waals surface area (Å²) in [5.41, 5.74) is 1.79. The molecule has 6 nitrogen and oxygen atoms in total. The van der Waals surface area contributed by atoms with E-state index in [2.05, 4.69) is 10.6 Å². The van der Waals surface area contributed by atoms with Gasteiger partial charge in [-0.1, -0.05) is 36.4 Å². The zero-order valence-corrected chi connectivity index (χ0v) is 16.4. The molecule has 6 heteroatoms. The summed E-state index contributed by atoms with van der Waals surface area (Å²) in [5.74, 6) is 0.359. The van der Waals surface area contributed by atoms with Crippen molar-refractivity contribution in [3.8, 4) is 5.75 Å². The number of hydrogen-bond acceptors (Lipinski definition) is 3. The molecule has 3 rings (SSSR count). The van der Waals surface area contributed by atoms with Gasteiger partial charge in [0, 0.05) is 24.8 Å². The summed E-state index contributed by atoms with van der Waals surface area (Å²) >= 11 is 0. The number of rotatable bonds is 5. The summed E-state index contributed by atoms with van der Waals surface area (Å²) in [6.45, 7) is 2.84. The van der Waals surface area contributed by atoms with Crippen LogP contribution in [-0.4, -0.2) is 37.0 Å². The van der Waals surface area contributed by atoms with Crippen molar-refractivity contribution in [3.63, 3.8) is 0 Å². The van der Waals surface area contributed by atoms with Gasteiger partial charge in [0.25, 0.3) is 0 Å². The average Bonchev–Trinajstić information content (AvgIpc) is 2.74. The Kier molecular flexibility index (Phi) is 6.53. The summed E-state index contributed by atoms with van der Waals surface area (Å²) in [5, 5.41) is 5.83. The van der Waals surface area contributed by atoms with Crippen molar-refractivity contribution in [2.75, 3.05) is 25.5 Å². The Hall–Kier alpha value is -3.02. The lowest BCUT2D eigenvalue weighted by atomic mass is 9.88. The van der Waals surface area contributed by atoms with Gasteiger partial charge in [-0.15, -0.1) is 0 Å². The van der Waals surface area contributed by atoms with Crippen LogP contribution in [0.4, 0.5) is 10.5 Å². The van der Waals surface area contributed by atoms with Gasteiger partial charge in [-0.05, 0) is 37.5 Å². The van der Waals surface area contributed by atoms with Crippen LogP contribution in [0.1, 0.15) is 31.4 Å². The first-order valence-electron chi connectivity index (χ1n) is 9.66. The van der Waals surface area contributed by atoms with E-state index < -0.39 is 0 Å². The maximum atomic E-state index is 12.8. The highest BCUT2D eigenvalue weighted by Crippen LogP contribution is 2.34. The molecule has 1 aliphatic heterocycles. The second kappa shape index (κ2) is 9.26. The molecule has 3 amide bonds. The van der Waals surface area contributed by atoms with Crippen molar-refractivity contribution in [1.29, 1.82) is 0 Å². The summed E-state index contributed by atoms with van der Waals surface area (Å²) in [6.07, 6.45) is 1.47. The quantitative estimate of drug-likeness (QED) is 0.827. The monoisotopic (exact) mass is 381 g/mol. The SMILES string of the molecule is CCNC(=O)N1CC(C(=O)Nc2cccc(OC)c2)CCC1c1ccccc1. The topological polar surface area (TPSA) is 70.7 Å². The van der Waals surface area contributed by atoms with Crippen LogP contribution in [0.3, 0.4) is 0 Å². The Morgan fingerprint density at radius 1 is 1.11 bits per heavy atom. The van der Waals surface area contributed by atoms with Crippen molar-refractivity contribution >= 4 is 17.6 Å². The molecule has 28 heavy (non-hydrogen) atoms. The zero-order chi connectivity index (χ0) is 19.9. The molecule has 2 unspecified atom stereocenters. The minimum Gasteiger partial charge on any atom is -0.497 e. The lowest BCUT2D eigenvalue weighted by molar-refractivity contribution is -0.121. The van der Waals surface area contributed by atoms with Crippen LogP contribution in [0.15, 0.2) is 54.6 Å². The molecule has 2 N–H and O–H groups in total. The molecule has 1 aliphatic rings. The third-order valence-electron chi connectivity index (χ3n) is 5.06. The molecule has 0 aliphatic carbocycles. The highest BCUT2D eigenvalue weighted by atomic mass is 16.5. The smallest absolute Gasteiger partial charge is 0.317 e. The second-order valence-electron chi connectivity index (χ2n) is 6.91. The summed E-state index contributed by atoms with van der Waals surface area (Å²) < 4.78 is 5.21. The number of carbonyl (C=O) groups excluding carboxylic acids is 2. The van der Waals surface area contributed by atoms with Crippen LogP contribution in [-0.2, 0) is 4.79 Å². The van der Waals surface area contributed by atoms with E-state index in [1.807, 2.05) is 55.5 Å². The molecule has 2 aromatic carbocycles. The van der Waals surface area contributed by atoms with Crippen LogP contribution in [0.2, 0.25) is 0 Å². The molecule has 1 heterocycles. The van der Waals surface area contributed by atoms with E-state index in [4.69, 9.17) is 4.74 Å². The maximum absolute atomic E-state index is 12.8. The number of ether oxygens (including phenoxy) is 1. The molecule has 0 bridgehead atoms. The van der Waals surface area contributed by atoms with Gasteiger partial charge >= 0.3 is 6.03 Å². The van der Waals surface area contributed by atoms with E-state index in [0.29, 0.717) is 24.5 Å². The van der Waals surface area contributed by atoms with Gasteiger partial charge < -0.3 is 20.3 Å². The standard InChI is InChI=1S/C22H27N3O3/c1-3-23-22(27)25-15-17(12-13-20(25)16-8-5-4-6-9-16)21(26)24-18-10-7-11-19(14-18)28-2/h4-11,14,17,20H,3,12-13,15H2,1-2H3,(H,23,27)(H,24,26). The van der Waals surface area contributed by atoms with Crippen molar-refractivity contribution in [1.82, 2.24) is 10.2 Å². The van der Waals surface area contributed by atoms with Crippen molar-refractivity contribution in [2.45, 2.75) is 25.8 Å². The molecule has 0 saturated carbocycles. The first-order valence-corrected chi connectivity index (χ1v) is 9.66. The number of benzene rings is 2. The molecule has 148 valence electrons. The Bertz CT molecular complexity index is 810. The van der Waals surface area contributed by atoms with Crippen molar-refractivity contribution in [3.05, 3.63) is 60.2 Å². The number of carbonyl (C=O) groups is 2. The first-order chi connectivity index (χ1) is 13.6. The highest BCUT2D eigenvalue weighted by Gasteiger charge is 2.35. The number of hydrogen-bond donors (Lipinski definition) is 2. The lowest BCUT2D eigenvalue weighted by Crippen LogP contribution is -2.49. The minimum absolute atomic E-state index is 0.0198. The largest absolute Gasteiger partial charge is 0.497 e. The number of urea groups is 1. The van der Waals surface area contributed by atoms with E-state index in [0.717, 1.165) is 18.4 Å². The molecular weight excluding hydrogens is 354 g/mol. The third-order valence-corrected chi connectivity index (χ3v) is 5.06. The molecule has 1 fully saturated rings. The van der Waals surface area contributed by atoms with Gasteiger partial charge in [-0.3, -0.25) is 4.79 Å². The van der Waals surface area contributed by atoms with E-state index >= 15 is 0 Å². The van der Waals surface area contributed by atoms with Crippen LogP contribution in [0.25, 0.3) is 0 Å². The van der Waals surface area contributed by atoms with E-state index in [-0.39, 0.29) is 23.9 Å². The number of nitrogens with one attached hydrogen (secondary N) is 2. The molecular formula is C22H27N3O3. The van der Waals surface area contributed by atoms with E-state index in [9.17, 15) is 9.59 Å². The number of likely N-dealkylation sites (tertiary alicyclic amines) is 1. The van der Waals surface area contributed by atoms with Gasteiger partial charge in [0.15, 0.2) is 0 Å². The van der Waals surface area contributed by atoms with Crippen molar-refractivity contribution < 1.29 is 14.3 Å². The predicted molar refractivity (Wildman–Crippen MR) is 109 cm³/mol. The molecule has 0 spiro atoms. The fourth-order valence-corrected chi connectivity index (χ4v) is 3.63. The Labute approximate surface area is 165 Å². The number of methoxy groups -OCH3 is 1. The van der Waals surface area contributed by atoms with Gasteiger partial charge in [0.2, 0.25) is 5.91 Å². The average molecular weight is 381 g/mol. The number of amides is 3. The second-order valence-corrected chi connectivity index (χ2v) is 6.91. The van der Waals surface area contributed by atoms with Gasteiger partial charge in [0.1, 0.15) is 5.75 Å². The minimum atomic E-state index is -0.256. The predicted octanol–water partition coefficient (Wildman–Crippen LogP) is 3.82. The van der Waals surface area contributed by atoms with Crippen molar-refractivity contribution in [2.24, 2.45) is 5.92 Å². The van der Waals surface area contributed by atoms with Gasteiger partial charge in [0.05, 0.1) is 19.1 Å². The normalized spacial score (nSPS) is 19.0. The first kappa shape index (κ1) is 19.7. The number of nitrogens with zero attached hydrogens (tertiary/aromatic N) is 1. The third kappa shape index (κ3) is 4.63. The van der Waals surface area contributed by atoms with Gasteiger partial charge in [-0.25, -0.2) is 4.79 Å². The fraction of sp³-hybridized carbons (Fsp3) is 0.364. The molecule has 0 radical (unpaired) electrons. The number of anilines is 1. The van der Waals surface area contributed by atoms with E-state index in [1.165, 1.54) is 0 Å². The summed E-state index contributed by atoms with van der Waals surface area (Å²) in [7, 11) is 1.59. The van der Waals surface area contributed by atoms with Crippen LogP contribution >= 0.6 is 0 Å². The highest BCUT2D eigenvalue weighted by molar-refractivity contribution is 5.93. The van der Waals surface area contributed by atoms with Crippen LogP contribution in [0.5, 0.6) is 5.75 Å². The Morgan fingerprint density at radius 2 is 1.89 bits per heavy atom. The molecule has 2 aromatic rings.